The molecule has 0 spiro atoms. The first-order valence-corrected chi connectivity index (χ1v) is 6.17. The maximum Gasteiger partial charge on any atom is 0.0595 e. The summed E-state index contributed by atoms with van der Waals surface area (Å²) in [7, 11) is 0. The van der Waals surface area contributed by atoms with Crippen molar-refractivity contribution in [3.05, 3.63) is 33.8 Å². The molecule has 0 atom stereocenters. The SMILES string of the molecule is Br.Clc1ccc(CCN2CCCC2)cc1Cl. The molecule has 0 N–H and O–H groups in total. The summed E-state index contributed by atoms with van der Waals surface area (Å²) in [4.78, 5) is 2.50. The molecule has 0 bridgehead atoms. The minimum Gasteiger partial charge on any atom is -0.303 e. The minimum atomic E-state index is 0. The zero-order valence-electron chi connectivity index (χ0n) is 9.09. The van der Waals surface area contributed by atoms with Crippen LogP contribution in [0.2, 0.25) is 10.0 Å². The third-order valence-corrected chi connectivity index (χ3v) is 3.64. The third kappa shape index (κ3) is 3.92. The lowest BCUT2D eigenvalue weighted by atomic mass is 10.1. The zero-order chi connectivity index (χ0) is 10.7. The van der Waals surface area contributed by atoms with Gasteiger partial charge in [-0.15, -0.1) is 17.0 Å². The predicted octanol–water partition coefficient (Wildman–Crippen LogP) is 4.21. The number of benzene rings is 1. The fourth-order valence-corrected chi connectivity index (χ4v) is 2.31. The second-order valence-corrected chi connectivity index (χ2v) is 4.86. The average Bonchev–Trinajstić information content (AvgIpc) is 2.73. The van der Waals surface area contributed by atoms with E-state index < -0.39 is 0 Å². The van der Waals surface area contributed by atoms with Gasteiger partial charge in [0.05, 0.1) is 10.0 Å². The molecule has 90 valence electrons. The molecule has 0 radical (unpaired) electrons. The van der Waals surface area contributed by atoms with Gasteiger partial charge < -0.3 is 4.90 Å². The number of hydrogen-bond donors (Lipinski definition) is 0. The van der Waals surface area contributed by atoms with Crippen LogP contribution in [0.5, 0.6) is 0 Å². The summed E-state index contributed by atoms with van der Waals surface area (Å²) in [6.07, 6.45) is 3.76. The summed E-state index contributed by atoms with van der Waals surface area (Å²) in [5.41, 5.74) is 1.27. The highest BCUT2D eigenvalue weighted by molar-refractivity contribution is 8.93. The quantitative estimate of drug-likeness (QED) is 0.805. The highest BCUT2D eigenvalue weighted by atomic mass is 79.9. The van der Waals surface area contributed by atoms with Crippen LogP contribution in [0.15, 0.2) is 18.2 Å². The van der Waals surface area contributed by atoms with Gasteiger partial charge in [0.2, 0.25) is 0 Å². The number of hydrogen-bond acceptors (Lipinski definition) is 1. The zero-order valence-corrected chi connectivity index (χ0v) is 12.3. The van der Waals surface area contributed by atoms with E-state index in [1.807, 2.05) is 12.1 Å². The van der Waals surface area contributed by atoms with Gasteiger partial charge in [-0.1, -0.05) is 29.3 Å². The van der Waals surface area contributed by atoms with Crippen molar-refractivity contribution in [3.63, 3.8) is 0 Å². The summed E-state index contributed by atoms with van der Waals surface area (Å²) < 4.78 is 0. The molecule has 0 aromatic heterocycles. The van der Waals surface area contributed by atoms with Crippen molar-refractivity contribution in [1.29, 1.82) is 0 Å². The first-order valence-electron chi connectivity index (χ1n) is 5.42. The molecule has 1 fully saturated rings. The standard InChI is InChI=1S/C12H15Cl2N.BrH/c13-11-4-3-10(9-12(11)14)5-8-15-6-1-2-7-15;/h3-4,9H,1-2,5-8H2;1H. The van der Waals surface area contributed by atoms with E-state index >= 15 is 0 Å². The molecule has 1 heterocycles. The Kier molecular flexibility index (Phi) is 6.12. The van der Waals surface area contributed by atoms with E-state index in [-0.39, 0.29) is 17.0 Å². The molecule has 1 aromatic rings. The first kappa shape index (κ1) is 14.3. The highest BCUT2D eigenvalue weighted by Crippen LogP contribution is 2.23. The smallest absolute Gasteiger partial charge is 0.0595 e. The van der Waals surface area contributed by atoms with Gasteiger partial charge in [0, 0.05) is 6.54 Å². The van der Waals surface area contributed by atoms with Crippen LogP contribution in [0.3, 0.4) is 0 Å². The second-order valence-electron chi connectivity index (χ2n) is 4.05. The van der Waals surface area contributed by atoms with E-state index in [0.717, 1.165) is 13.0 Å². The lowest BCUT2D eigenvalue weighted by molar-refractivity contribution is 0.343. The first-order chi connectivity index (χ1) is 7.25. The summed E-state index contributed by atoms with van der Waals surface area (Å²) in [6, 6.07) is 5.91. The molecule has 0 amide bonds. The van der Waals surface area contributed by atoms with Crippen molar-refractivity contribution in [1.82, 2.24) is 4.90 Å². The molecular weight excluding hydrogens is 309 g/mol. The molecule has 1 saturated heterocycles. The second kappa shape index (κ2) is 6.85. The van der Waals surface area contributed by atoms with E-state index in [2.05, 4.69) is 11.0 Å². The maximum absolute atomic E-state index is 5.96. The number of halogens is 3. The van der Waals surface area contributed by atoms with Crippen LogP contribution < -0.4 is 0 Å². The molecular formula is C12H16BrCl2N. The Morgan fingerprint density at radius 1 is 1.06 bits per heavy atom. The van der Waals surface area contributed by atoms with Gasteiger partial charge in [-0.2, -0.15) is 0 Å². The van der Waals surface area contributed by atoms with Crippen molar-refractivity contribution in [3.8, 4) is 0 Å². The lowest BCUT2D eigenvalue weighted by Crippen LogP contribution is -2.21. The topological polar surface area (TPSA) is 3.24 Å². The number of rotatable bonds is 3. The van der Waals surface area contributed by atoms with Crippen molar-refractivity contribution in [2.45, 2.75) is 19.3 Å². The summed E-state index contributed by atoms with van der Waals surface area (Å²) in [5, 5.41) is 1.30. The average molecular weight is 325 g/mol. The molecule has 0 unspecified atom stereocenters. The van der Waals surface area contributed by atoms with Gasteiger partial charge in [0.15, 0.2) is 0 Å². The van der Waals surface area contributed by atoms with Crippen LogP contribution in [-0.2, 0) is 6.42 Å². The maximum atomic E-state index is 5.96. The largest absolute Gasteiger partial charge is 0.303 e. The number of nitrogens with zero attached hydrogens (tertiary/aromatic N) is 1. The van der Waals surface area contributed by atoms with Crippen molar-refractivity contribution >= 4 is 40.2 Å². The van der Waals surface area contributed by atoms with Crippen LogP contribution in [0, 0.1) is 0 Å². The van der Waals surface area contributed by atoms with E-state index in [4.69, 9.17) is 23.2 Å². The summed E-state index contributed by atoms with van der Waals surface area (Å²) >= 11 is 11.8. The molecule has 4 heteroatoms. The van der Waals surface area contributed by atoms with Crippen LogP contribution in [0.25, 0.3) is 0 Å². The van der Waals surface area contributed by atoms with Gasteiger partial charge in [-0.25, -0.2) is 0 Å². The van der Waals surface area contributed by atoms with Crippen LogP contribution >= 0.6 is 40.2 Å². The molecule has 1 aromatic carbocycles. The van der Waals surface area contributed by atoms with Crippen LogP contribution in [0.4, 0.5) is 0 Å². The Morgan fingerprint density at radius 3 is 2.38 bits per heavy atom. The molecule has 16 heavy (non-hydrogen) atoms. The Balaban J connectivity index is 0.00000128. The Labute approximate surface area is 117 Å². The fourth-order valence-electron chi connectivity index (χ4n) is 1.99. The monoisotopic (exact) mass is 323 g/mol. The molecule has 0 saturated carbocycles. The molecule has 2 rings (SSSR count). The van der Waals surface area contributed by atoms with Gasteiger partial charge in [0.1, 0.15) is 0 Å². The van der Waals surface area contributed by atoms with Crippen molar-refractivity contribution < 1.29 is 0 Å². The summed E-state index contributed by atoms with van der Waals surface area (Å²) in [5.74, 6) is 0. The Bertz CT molecular complexity index is 338. The van der Waals surface area contributed by atoms with Gasteiger partial charge >= 0.3 is 0 Å². The molecule has 1 aliphatic rings. The molecule has 1 aliphatic heterocycles. The third-order valence-electron chi connectivity index (χ3n) is 2.90. The van der Waals surface area contributed by atoms with E-state index in [9.17, 15) is 0 Å². The lowest BCUT2D eigenvalue weighted by Gasteiger charge is -2.14. The van der Waals surface area contributed by atoms with Gasteiger partial charge in [0.25, 0.3) is 0 Å². The fraction of sp³-hybridized carbons (Fsp3) is 0.500. The van der Waals surface area contributed by atoms with Crippen LogP contribution in [-0.4, -0.2) is 24.5 Å². The van der Waals surface area contributed by atoms with Crippen molar-refractivity contribution in [2.75, 3.05) is 19.6 Å². The highest BCUT2D eigenvalue weighted by Gasteiger charge is 2.10. The Morgan fingerprint density at radius 2 is 1.75 bits per heavy atom. The number of likely N-dealkylation sites (tertiary alicyclic amines) is 1. The van der Waals surface area contributed by atoms with Gasteiger partial charge in [-0.3, -0.25) is 0 Å². The van der Waals surface area contributed by atoms with E-state index in [1.54, 1.807) is 0 Å². The normalized spacial score (nSPS) is 16.1. The predicted molar refractivity (Wildman–Crippen MR) is 76.2 cm³/mol. The van der Waals surface area contributed by atoms with Gasteiger partial charge in [-0.05, 0) is 50.0 Å². The Hall–Kier alpha value is 0.240. The van der Waals surface area contributed by atoms with Crippen molar-refractivity contribution in [2.24, 2.45) is 0 Å². The molecule has 1 nitrogen and oxygen atoms in total. The minimum absolute atomic E-state index is 0. The summed E-state index contributed by atoms with van der Waals surface area (Å²) in [6.45, 7) is 3.64. The molecule has 0 aliphatic carbocycles. The van der Waals surface area contributed by atoms with Crippen LogP contribution in [0.1, 0.15) is 18.4 Å². The van der Waals surface area contributed by atoms with E-state index in [1.165, 1.54) is 31.5 Å². The van der Waals surface area contributed by atoms with E-state index in [0.29, 0.717) is 10.0 Å².